The molecule has 164 valence electrons. The summed E-state index contributed by atoms with van der Waals surface area (Å²) in [6.45, 7) is 6.60. The van der Waals surface area contributed by atoms with Gasteiger partial charge in [-0.2, -0.15) is 5.10 Å². The minimum absolute atomic E-state index is 0. The van der Waals surface area contributed by atoms with Crippen molar-refractivity contribution in [1.82, 2.24) is 24.6 Å². The molecule has 0 aromatic carbocycles. The van der Waals surface area contributed by atoms with Gasteiger partial charge in [-0.05, 0) is 44.9 Å². The standard InChI is InChI=1S/C19H33N7O2.HI/c1-2-21-18(24-10-5-7-15(14-24)13-16(20)27)22-9-6-12-26-19(28)25-11-4-3-8-17(25)23-26;/h15H,2-14H2,1H3,(H2,20,27)(H,21,22);1H. The van der Waals surface area contributed by atoms with Gasteiger partial charge in [0.2, 0.25) is 5.91 Å². The summed E-state index contributed by atoms with van der Waals surface area (Å²) in [6.07, 6.45) is 6.34. The van der Waals surface area contributed by atoms with Crippen LogP contribution >= 0.6 is 24.0 Å². The van der Waals surface area contributed by atoms with Gasteiger partial charge in [-0.1, -0.05) is 0 Å². The van der Waals surface area contributed by atoms with E-state index >= 15 is 0 Å². The van der Waals surface area contributed by atoms with Crippen LogP contribution in [0.2, 0.25) is 0 Å². The Morgan fingerprint density at radius 3 is 2.86 bits per heavy atom. The Bertz CT molecular complexity index is 758. The quantitative estimate of drug-likeness (QED) is 0.241. The van der Waals surface area contributed by atoms with Crippen molar-refractivity contribution in [1.29, 1.82) is 0 Å². The van der Waals surface area contributed by atoms with Gasteiger partial charge in [-0.25, -0.2) is 9.48 Å². The fraction of sp³-hybridized carbons (Fsp3) is 0.789. The number of rotatable bonds is 7. The molecular formula is C19H34IN7O2. The van der Waals surface area contributed by atoms with Crippen molar-refractivity contribution in [2.24, 2.45) is 16.6 Å². The van der Waals surface area contributed by atoms with Crippen LogP contribution in [0.4, 0.5) is 0 Å². The Morgan fingerprint density at radius 2 is 2.14 bits per heavy atom. The van der Waals surface area contributed by atoms with E-state index in [2.05, 4.69) is 22.2 Å². The number of primary amides is 1. The number of halogens is 1. The lowest BCUT2D eigenvalue weighted by Crippen LogP contribution is -2.47. The van der Waals surface area contributed by atoms with E-state index in [0.29, 0.717) is 25.4 Å². The maximum atomic E-state index is 12.4. The van der Waals surface area contributed by atoms with Gasteiger partial charge in [0, 0.05) is 52.1 Å². The minimum Gasteiger partial charge on any atom is -0.370 e. The SMILES string of the molecule is CCNC(=NCCCn1nc2n(c1=O)CCCC2)N1CCCC(CC(N)=O)C1.I. The molecule has 1 saturated heterocycles. The van der Waals surface area contributed by atoms with Gasteiger partial charge in [0.05, 0.1) is 0 Å². The van der Waals surface area contributed by atoms with Crippen LogP contribution in [0.5, 0.6) is 0 Å². The molecule has 3 rings (SSSR count). The predicted molar refractivity (Wildman–Crippen MR) is 124 cm³/mol. The second kappa shape index (κ2) is 11.6. The number of likely N-dealkylation sites (tertiary alicyclic amines) is 1. The molecule has 3 N–H and O–H groups in total. The van der Waals surface area contributed by atoms with Gasteiger partial charge in [0.1, 0.15) is 5.82 Å². The molecule has 1 amide bonds. The van der Waals surface area contributed by atoms with Crippen LogP contribution in [0.3, 0.4) is 0 Å². The number of nitrogens with one attached hydrogen (secondary N) is 1. The van der Waals surface area contributed by atoms with Crippen molar-refractivity contribution in [3.05, 3.63) is 16.3 Å². The second-order valence-electron chi connectivity index (χ2n) is 7.74. The number of hydrogen-bond donors (Lipinski definition) is 2. The predicted octanol–water partition coefficient (Wildman–Crippen LogP) is 0.942. The van der Waals surface area contributed by atoms with Crippen LogP contribution in [-0.2, 0) is 24.3 Å². The maximum Gasteiger partial charge on any atom is 0.345 e. The number of guanidine groups is 1. The van der Waals surface area contributed by atoms with Gasteiger partial charge >= 0.3 is 5.69 Å². The van der Waals surface area contributed by atoms with Crippen LogP contribution in [0.15, 0.2) is 9.79 Å². The zero-order valence-electron chi connectivity index (χ0n) is 17.3. The third kappa shape index (κ3) is 6.45. The first-order valence-electron chi connectivity index (χ1n) is 10.6. The van der Waals surface area contributed by atoms with E-state index in [1.165, 1.54) is 0 Å². The number of fused-ring (bicyclic) bond motifs is 1. The number of carbonyl (C=O) groups is 1. The molecule has 1 aromatic heterocycles. The highest BCUT2D eigenvalue weighted by Gasteiger charge is 2.23. The highest BCUT2D eigenvalue weighted by Crippen LogP contribution is 2.19. The average molecular weight is 519 g/mol. The summed E-state index contributed by atoms with van der Waals surface area (Å²) in [7, 11) is 0. The average Bonchev–Trinajstić information content (AvgIpc) is 3.00. The normalized spacial score (nSPS) is 19.4. The Labute approximate surface area is 189 Å². The zero-order valence-corrected chi connectivity index (χ0v) is 19.6. The molecule has 29 heavy (non-hydrogen) atoms. The summed E-state index contributed by atoms with van der Waals surface area (Å²) in [5, 5.41) is 7.83. The van der Waals surface area contributed by atoms with Crippen molar-refractivity contribution < 1.29 is 4.79 Å². The molecular weight excluding hydrogens is 485 g/mol. The van der Waals surface area contributed by atoms with Gasteiger partial charge in [0.15, 0.2) is 5.96 Å². The molecule has 1 aromatic rings. The van der Waals surface area contributed by atoms with E-state index in [-0.39, 0.29) is 35.6 Å². The fourth-order valence-corrected chi connectivity index (χ4v) is 4.13. The van der Waals surface area contributed by atoms with E-state index < -0.39 is 0 Å². The lowest BCUT2D eigenvalue weighted by atomic mass is 9.95. The Kier molecular flexibility index (Phi) is 9.44. The van der Waals surface area contributed by atoms with Crippen LogP contribution in [0.1, 0.15) is 51.3 Å². The highest BCUT2D eigenvalue weighted by atomic mass is 127. The first-order valence-corrected chi connectivity index (χ1v) is 10.6. The maximum absolute atomic E-state index is 12.4. The number of amides is 1. The Balaban J connectivity index is 0.00000300. The van der Waals surface area contributed by atoms with E-state index in [9.17, 15) is 9.59 Å². The molecule has 0 aliphatic carbocycles. The lowest BCUT2D eigenvalue weighted by Gasteiger charge is -2.34. The number of aliphatic imine (C=N–C) groups is 1. The third-order valence-electron chi connectivity index (χ3n) is 5.46. The van der Waals surface area contributed by atoms with Crippen molar-refractivity contribution in [3.63, 3.8) is 0 Å². The number of nitrogens with zero attached hydrogens (tertiary/aromatic N) is 5. The van der Waals surface area contributed by atoms with E-state index in [4.69, 9.17) is 10.7 Å². The minimum atomic E-state index is -0.234. The second-order valence-corrected chi connectivity index (χ2v) is 7.74. The first-order chi connectivity index (χ1) is 13.6. The summed E-state index contributed by atoms with van der Waals surface area (Å²) in [5.41, 5.74) is 5.38. The Morgan fingerprint density at radius 1 is 1.31 bits per heavy atom. The fourth-order valence-electron chi connectivity index (χ4n) is 4.13. The molecule has 9 nitrogen and oxygen atoms in total. The van der Waals surface area contributed by atoms with E-state index in [0.717, 1.165) is 76.5 Å². The van der Waals surface area contributed by atoms with Gasteiger partial charge in [0.25, 0.3) is 0 Å². The van der Waals surface area contributed by atoms with Crippen molar-refractivity contribution in [2.45, 2.75) is 65.0 Å². The van der Waals surface area contributed by atoms with Gasteiger partial charge in [-0.3, -0.25) is 14.4 Å². The number of aromatic nitrogens is 3. The molecule has 2 aliphatic heterocycles. The molecule has 10 heteroatoms. The summed E-state index contributed by atoms with van der Waals surface area (Å²) in [6, 6.07) is 0. The van der Waals surface area contributed by atoms with Gasteiger partial charge < -0.3 is 16.0 Å². The lowest BCUT2D eigenvalue weighted by molar-refractivity contribution is -0.119. The van der Waals surface area contributed by atoms with Crippen molar-refractivity contribution >= 4 is 35.8 Å². The molecule has 1 unspecified atom stereocenters. The molecule has 1 atom stereocenters. The number of carbonyl (C=O) groups excluding carboxylic acids is 1. The van der Waals surface area contributed by atoms with Crippen LogP contribution in [0.25, 0.3) is 0 Å². The molecule has 0 bridgehead atoms. The summed E-state index contributed by atoms with van der Waals surface area (Å²) in [5.74, 6) is 1.86. The molecule has 0 radical (unpaired) electrons. The van der Waals surface area contributed by atoms with Crippen LogP contribution in [0, 0.1) is 5.92 Å². The third-order valence-corrected chi connectivity index (χ3v) is 5.46. The van der Waals surface area contributed by atoms with E-state index in [1.54, 1.807) is 4.68 Å². The van der Waals surface area contributed by atoms with E-state index in [1.807, 2.05) is 4.57 Å². The topological polar surface area (TPSA) is 111 Å². The molecule has 0 saturated carbocycles. The first kappa shape index (κ1) is 23.7. The molecule has 1 fully saturated rings. The number of piperidine rings is 1. The van der Waals surface area contributed by atoms with Crippen molar-refractivity contribution in [3.8, 4) is 0 Å². The van der Waals surface area contributed by atoms with Crippen LogP contribution in [-0.4, -0.2) is 57.3 Å². The number of nitrogens with two attached hydrogens (primary N) is 1. The molecule has 2 aliphatic rings. The van der Waals surface area contributed by atoms with Gasteiger partial charge in [-0.15, -0.1) is 24.0 Å². The summed E-state index contributed by atoms with van der Waals surface area (Å²) < 4.78 is 3.40. The Hall–Kier alpha value is -1.59. The summed E-state index contributed by atoms with van der Waals surface area (Å²) >= 11 is 0. The zero-order chi connectivity index (χ0) is 19.9. The highest BCUT2D eigenvalue weighted by molar-refractivity contribution is 14.0. The van der Waals surface area contributed by atoms with Crippen LogP contribution < -0.4 is 16.7 Å². The molecule has 3 heterocycles. The smallest absolute Gasteiger partial charge is 0.345 e. The van der Waals surface area contributed by atoms with Crippen molar-refractivity contribution in [2.75, 3.05) is 26.2 Å². The largest absolute Gasteiger partial charge is 0.370 e. The summed E-state index contributed by atoms with van der Waals surface area (Å²) in [4.78, 5) is 30.6. The monoisotopic (exact) mass is 519 g/mol. The number of aryl methyl sites for hydroxylation is 2. The number of hydrogen-bond acceptors (Lipinski definition) is 4. The molecule has 0 spiro atoms.